The highest BCUT2D eigenvalue weighted by molar-refractivity contribution is 5.73. The van der Waals surface area contributed by atoms with Gasteiger partial charge in [0, 0.05) is 25.3 Å². The van der Waals surface area contributed by atoms with Crippen molar-refractivity contribution in [2.75, 3.05) is 0 Å². The fourth-order valence-electron chi connectivity index (χ4n) is 4.42. The number of carbonyl (C=O) groups excluding carboxylic acids is 2. The average Bonchev–Trinajstić information content (AvgIpc) is 3.17. The molecule has 1 heterocycles. The Morgan fingerprint density at radius 2 is 1.69 bits per heavy atom. The molecule has 0 radical (unpaired) electrons. The molecule has 1 aliphatic heterocycles. The molecule has 5 nitrogen and oxygen atoms in total. The van der Waals surface area contributed by atoms with Crippen molar-refractivity contribution in [3.63, 3.8) is 0 Å². The van der Waals surface area contributed by atoms with Crippen LogP contribution in [0.3, 0.4) is 0 Å². The van der Waals surface area contributed by atoms with Crippen LogP contribution in [0.5, 0.6) is 11.5 Å². The maximum absolute atomic E-state index is 11.7. The van der Waals surface area contributed by atoms with Crippen LogP contribution in [0.4, 0.5) is 0 Å². The zero-order valence-electron chi connectivity index (χ0n) is 16.4. The predicted molar refractivity (Wildman–Crippen MR) is 97.4 cm³/mol. The highest BCUT2D eigenvalue weighted by Gasteiger charge is 2.62. The van der Waals surface area contributed by atoms with E-state index >= 15 is 0 Å². The standard InChI is InChI=1S/C21H28O5/c1-11(2)15-7-8-21(6)20(26-21)18(15)19-16(24-13(4)22)9-12(3)10-17(19)25-14(5)23/h9-11,15,18,20H,7-8H2,1-6H3/t15?,18-,20?,21?/m1/s1. The summed E-state index contributed by atoms with van der Waals surface area (Å²) in [7, 11) is 0. The van der Waals surface area contributed by atoms with E-state index in [0.29, 0.717) is 23.3 Å². The molecule has 5 heteroatoms. The summed E-state index contributed by atoms with van der Waals surface area (Å²) in [6.07, 6.45) is 2.10. The SMILES string of the molecule is CC(=O)Oc1cc(C)cc(OC(C)=O)c1[C@H]1C(C(C)C)CCC2(C)OC12. The first-order valence-electron chi connectivity index (χ1n) is 9.31. The van der Waals surface area contributed by atoms with Gasteiger partial charge >= 0.3 is 11.9 Å². The van der Waals surface area contributed by atoms with Gasteiger partial charge in [0.05, 0.1) is 11.7 Å². The van der Waals surface area contributed by atoms with Crippen molar-refractivity contribution in [2.24, 2.45) is 11.8 Å². The van der Waals surface area contributed by atoms with Gasteiger partial charge in [-0.25, -0.2) is 0 Å². The first-order valence-corrected chi connectivity index (χ1v) is 9.31. The Morgan fingerprint density at radius 1 is 1.15 bits per heavy atom. The number of aryl methyl sites for hydroxylation is 1. The number of epoxide rings is 1. The summed E-state index contributed by atoms with van der Waals surface area (Å²) in [5, 5.41) is 0. The quantitative estimate of drug-likeness (QED) is 0.458. The van der Waals surface area contributed by atoms with Crippen LogP contribution in [-0.2, 0) is 14.3 Å². The van der Waals surface area contributed by atoms with Gasteiger partial charge in [0.25, 0.3) is 0 Å². The minimum Gasteiger partial charge on any atom is -0.426 e. The van der Waals surface area contributed by atoms with E-state index in [1.165, 1.54) is 13.8 Å². The monoisotopic (exact) mass is 360 g/mol. The molecule has 2 aliphatic rings. The fourth-order valence-corrected chi connectivity index (χ4v) is 4.42. The molecule has 4 atom stereocenters. The molecule has 1 saturated heterocycles. The van der Waals surface area contributed by atoms with Crippen molar-refractivity contribution in [2.45, 2.75) is 72.0 Å². The number of carbonyl (C=O) groups is 2. The van der Waals surface area contributed by atoms with Crippen molar-refractivity contribution in [1.29, 1.82) is 0 Å². The molecule has 142 valence electrons. The number of ether oxygens (including phenoxy) is 3. The fraction of sp³-hybridized carbons (Fsp3) is 0.619. The first kappa shape index (κ1) is 18.9. The number of hydrogen-bond acceptors (Lipinski definition) is 5. The maximum Gasteiger partial charge on any atom is 0.308 e. The largest absolute Gasteiger partial charge is 0.426 e. The van der Waals surface area contributed by atoms with Gasteiger partial charge < -0.3 is 14.2 Å². The van der Waals surface area contributed by atoms with Crippen LogP contribution >= 0.6 is 0 Å². The van der Waals surface area contributed by atoms with Crippen LogP contribution in [0, 0.1) is 18.8 Å². The lowest BCUT2D eigenvalue weighted by atomic mass is 9.67. The Balaban J connectivity index is 2.16. The van der Waals surface area contributed by atoms with Crippen molar-refractivity contribution in [1.82, 2.24) is 0 Å². The van der Waals surface area contributed by atoms with E-state index in [1.807, 2.05) is 19.1 Å². The molecule has 0 spiro atoms. The van der Waals surface area contributed by atoms with Gasteiger partial charge in [0.1, 0.15) is 11.5 Å². The summed E-state index contributed by atoms with van der Waals surface area (Å²) in [4.78, 5) is 23.4. The summed E-state index contributed by atoms with van der Waals surface area (Å²) in [5.41, 5.74) is 1.52. The van der Waals surface area contributed by atoms with Crippen LogP contribution < -0.4 is 9.47 Å². The lowest BCUT2D eigenvalue weighted by Gasteiger charge is -2.35. The number of esters is 2. The lowest BCUT2D eigenvalue weighted by Crippen LogP contribution is -2.33. The Morgan fingerprint density at radius 3 is 2.15 bits per heavy atom. The zero-order valence-corrected chi connectivity index (χ0v) is 16.4. The molecule has 0 amide bonds. The van der Waals surface area contributed by atoms with Crippen LogP contribution in [0.2, 0.25) is 0 Å². The molecule has 0 bridgehead atoms. The highest BCUT2D eigenvalue weighted by Crippen LogP contribution is 2.60. The van der Waals surface area contributed by atoms with Gasteiger partial charge in [-0.05, 0) is 56.2 Å². The summed E-state index contributed by atoms with van der Waals surface area (Å²) in [5.74, 6) is 1.00. The molecule has 2 fully saturated rings. The maximum atomic E-state index is 11.7. The molecule has 3 rings (SSSR count). The zero-order chi connectivity index (χ0) is 19.2. The van der Waals surface area contributed by atoms with E-state index < -0.39 is 0 Å². The van der Waals surface area contributed by atoms with Crippen LogP contribution in [0.25, 0.3) is 0 Å². The number of benzene rings is 1. The molecule has 26 heavy (non-hydrogen) atoms. The van der Waals surface area contributed by atoms with E-state index in [-0.39, 0.29) is 29.6 Å². The Bertz CT molecular complexity index is 701. The third-order valence-electron chi connectivity index (χ3n) is 5.65. The molecule has 0 aromatic heterocycles. The molecule has 1 aromatic carbocycles. The Kier molecular flexibility index (Phi) is 4.86. The molecule has 1 saturated carbocycles. The minimum absolute atomic E-state index is 0.0260. The predicted octanol–water partition coefficient (Wildman–Crippen LogP) is 4.15. The third-order valence-corrected chi connectivity index (χ3v) is 5.65. The van der Waals surface area contributed by atoms with Gasteiger partial charge in [-0.15, -0.1) is 0 Å². The van der Waals surface area contributed by atoms with Gasteiger partial charge in [-0.2, -0.15) is 0 Å². The first-order chi connectivity index (χ1) is 12.1. The van der Waals surface area contributed by atoms with Crippen molar-refractivity contribution in [3.8, 4) is 11.5 Å². The topological polar surface area (TPSA) is 65.1 Å². The van der Waals surface area contributed by atoms with E-state index in [0.717, 1.165) is 24.0 Å². The van der Waals surface area contributed by atoms with Gasteiger partial charge in [0.2, 0.25) is 0 Å². The minimum atomic E-state index is -0.387. The average molecular weight is 360 g/mol. The molecular weight excluding hydrogens is 332 g/mol. The number of hydrogen-bond donors (Lipinski definition) is 0. The smallest absolute Gasteiger partial charge is 0.308 e. The van der Waals surface area contributed by atoms with Gasteiger partial charge in [-0.1, -0.05) is 13.8 Å². The summed E-state index contributed by atoms with van der Waals surface area (Å²) in [6.45, 7) is 11.2. The highest BCUT2D eigenvalue weighted by atomic mass is 16.6. The Labute approximate surface area is 155 Å². The van der Waals surface area contributed by atoms with Crippen LogP contribution in [0.15, 0.2) is 12.1 Å². The second-order valence-corrected chi connectivity index (χ2v) is 8.19. The van der Waals surface area contributed by atoms with E-state index in [9.17, 15) is 9.59 Å². The van der Waals surface area contributed by atoms with E-state index in [1.54, 1.807) is 0 Å². The van der Waals surface area contributed by atoms with Gasteiger partial charge in [0.15, 0.2) is 0 Å². The van der Waals surface area contributed by atoms with Crippen LogP contribution in [-0.4, -0.2) is 23.6 Å². The number of fused-ring (bicyclic) bond motifs is 1. The molecule has 1 aliphatic carbocycles. The molecule has 3 unspecified atom stereocenters. The lowest BCUT2D eigenvalue weighted by molar-refractivity contribution is -0.132. The normalized spacial score (nSPS) is 29.9. The van der Waals surface area contributed by atoms with Crippen molar-refractivity contribution in [3.05, 3.63) is 23.3 Å². The number of rotatable bonds is 4. The van der Waals surface area contributed by atoms with Crippen molar-refractivity contribution >= 4 is 11.9 Å². The molecule has 1 aromatic rings. The van der Waals surface area contributed by atoms with E-state index in [4.69, 9.17) is 14.2 Å². The van der Waals surface area contributed by atoms with E-state index in [2.05, 4.69) is 20.8 Å². The van der Waals surface area contributed by atoms with Crippen LogP contribution in [0.1, 0.15) is 64.5 Å². The second kappa shape index (κ2) is 6.69. The summed E-state index contributed by atoms with van der Waals surface area (Å²) in [6, 6.07) is 3.69. The summed E-state index contributed by atoms with van der Waals surface area (Å²) >= 11 is 0. The third kappa shape index (κ3) is 3.50. The second-order valence-electron chi connectivity index (χ2n) is 8.19. The summed E-state index contributed by atoms with van der Waals surface area (Å²) < 4.78 is 17.2. The van der Waals surface area contributed by atoms with Crippen molar-refractivity contribution < 1.29 is 23.8 Å². The molecule has 0 N–H and O–H groups in total. The van der Waals surface area contributed by atoms with Gasteiger partial charge in [-0.3, -0.25) is 9.59 Å². The molecular formula is C21H28O5. The Hall–Kier alpha value is -1.88.